The Morgan fingerprint density at radius 2 is 2.10 bits per heavy atom. The lowest BCUT2D eigenvalue weighted by atomic mass is 9.94. The monoisotopic (exact) mass is 319 g/mol. The van der Waals surface area contributed by atoms with Gasteiger partial charge in [-0.15, -0.1) is 0 Å². The average molecular weight is 319 g/mol. The second kappa shape index (κ2) is 5.44. The maximum absolute atomic E-state index is 14.0. The van der Waals surface area contributed by atoms with Gasteiger partial charge in [0, 0.05) is 0 Å². The molecule has 0 N–H and O–H groups in total. The van der Waals surface area contributed by atoms with E-state index in [0.29, 0.717) is 12.2 Å². The van der Waals surface area contributed by atoms with Crippen LogP contribution in [0.3, 0.4) is 0 Å². The molecule has 7 heteroatoms. The van der Waals surface area contributed by atoms with Crippen molar-refractivity contribution in [3.8, 4) is 5.75 Å². The maximum Gasteiger partial charge on any atom is 0.299 e. The third kappa shape index (κ3) is 3.28. The molecule has 0 spiro atoms. The molecule has 0 aromatic heterocycles. The smallest absolute Gasteiger partial charge is 0.299 e. The standard InChI is InChI=1S/C14H19F2NO3S/c1-4-21(18,19)13(15)17(16)11-5-6-12-10(9-11)7-8-14(2,3)20-12/h5-6,9,13H,4,7-8H2,1-3H3. The van der Waals surface area contributed by atoms with Gasteiger partial charge in [0.15, 0.2) is 0 Å². The lowest BCUT2D eigenvalue weighted by Crippen LogP contribution is -2.34. The van der Waals surface area contributed by atoms with E-state index in [2.05, 4.69) is 0 Å². The second-order valence-electron chi connectivity index (χ2n) is 5.71. The Kier molecular flexibility index (Phi) is 4.15. The van der Waals surface area contributed by atoms with Gasteiger partial charge in [-0.25, -0.2) is 12.8 Å². The number of hydrogen-bond donors (Lipinski definition) is 0. The SMILES string of the molecule is CCS(=O)(=O)C(F)N(F)c1ccc2c(c1)CCC(C)(C)O2. The number of benzene rings is 1. The highest BCUT2D eigenvalue weighted by atomic mass is 32.2. The van der Waals surface area contributed by atoms with E-state index < -0.39 is 21.2 Å². The molecule has 0 saturated carbocycles. The summed E-state index contributed by atoms with van der Waals surface area (Å²) in [6.07, 6.45) is 1.42. The van der Waals surface area contributed by atoms with E-state index in [-0.39, 0.29) is 16.4 Å². The van der Waals surface area contributed by atoms with E-state index in [1.54, 1.807) is 6.07 Å². The van der Waals surface area contributed by atoms with Gasteiger partial charge in [-0.1, -0.05) is 11.4 Å². The van der Waals surface area contributed by atoms with Crippen LogP contribution in [0.15, 0.2) is 18.2 Å². The predicted molar refractivity (Wildman–Crippen MR) is 77.4 cm³/mol. The number of fused-ring (bicyclic) bond motifs is 1. The Morgan fingerprint density at radius 3 is 2.71 bits per heavy atom. The fourth-order valence-corrected chi connectivity index (χ4v) is 2.85. The number of sulfone groups is 1. The zero-order chi connectivity index (χ0) is 15.8. The van der Waals surface area contributed by atoms with E-state index in [1.807, 2.05) is 13.8 Å². The predicted octanol–water partition coefficient (Wildman–Crippen LogP) is 3.17. The molecule has 0 aliphatic carbocycles. The quantitative estimate of drug-likeness (QED) is 0.632. The highest BCUT2D eigenvalue weighted by Crippen LogP contribution is 2.36. The highest BCUT2D eigenvalue weighted by Gasteiger charge is 2.32. The zero-order valence-corrected chi connectivity index (χ0v) is 13.1. The molecule has 1 aliphatic rings. The Balaban J connectivity index is 2.27. The number of aryl methyl sites for hydroxylation is 1. The molecule has 0 amide bonds. The van der Waals surface area contributed by atoms with Crippen LogP contribution in [0.2, 0.25) is 0 Å². The van der Waals surface area contributed by atoms with E-state index in [0.717, 1.165) is 12.0 Å². The van der Waals surface area contributed by atoms with E-state index in [9.17, 15) is 17.3 Å². The van der Waals surface area contributed by atoms with E-state index in [4.69, 9.17) is 4.74 Å². The van der Waals surface area contributed by atoms with Crippen LogP contribution < -0.4 is 9.86 Å². The average Bonchev–Trinajstić information content (AvgIpc) is 2.44. The van der Waals surface area contributed by atoms with Gasteiger partial charge in [0.2, 0.25) is 9.84 Å². The fraction of sp³-hybridized carbons (Fsp3) is 0.571. The molecule has 1 aromatic carbocycles. The van der Waals surface area contributed by atoms with Crippen molar-refractivity contribution in [2.45, 2.75) is 44.8 Å². The van der Waals surface area contributed by atoms with Gasteiger partial charge in [0.1, 0.15) is 11.4 Å². The second-order valence-corrected chi connectivity index (χ2v) is 8.00. The molecule has 0 bridgehead atoms. The van der Waals surface area contributed by atoms with E-state index >= 15 is 0 Å². The summed E-state index contributed by atoms with van der Waals surface area (Å²) in [5.74, 6) is 0.161. The van der Waals surface area contributed by atoms with Crippen molar-refractivity contribution in [3.05, 3.63) is 23.8 Å². The van der Waals surface area contributed by atoms with Crippen molar-refractivity contribution in [3.63, 3.8) is 0 Å². The van der Waals surface area contributed by atoms with Crippen molar-refractivity contribution < 1.29 is 22.0 Å². The number of anilines is 1. The molecule has 4 nitrogen and oxygen atoms in total. The normalized spacial score (nSPS) is 18.5. The van der Waals surface area contributed by atoms with Gasteiger partial charge < -0.3 is 4.74 Å². The lowest BCUT2D eigenvalue weighted by Gasteiger charge is -2.33. The molecule has 1 aromatic rings. The Labute approximate surface area is 123 Å². The van der Waals surface area contributed by atoms with Crippen LogP contribution >= 0.6 is 0 Å². The van der Waals surface area contributed by atoms with Crippen LogP contribution in [0.25, 0.3) is 0 Å². The van der Waals surface area contributed by atoms with Gasteiger partial charge in [-0.2, -0.15) is 5.12 Å². The largest absolute Gasteiger partial charge is 0.488 e. The molecule has 1 unspecified atom stereocenters. The van der Waals surface area contributed by atoms with Crippen LogP contribution in [-0.4, -0.2) is 25.4 Å². The first kappa shape index (κ1) is 16.0. The van der Waals surface area contributed by atoms with Crippen LogP contribution in [0, 0.1) is 0 Å². The van der Waals surface area contributed by atoms with Gasteiger partial charge >= 0.3 is 0 Å². The minimum absolute atomic E-state index is 0.124. The van der Waals surface area contributed by atoms with Crippen molar-refractivity contribution in [2.75, 3.05) is 10.9 Å². The van der Waals surface area contributed by atoms with Crippen LogP contribution in [-0.2, 0) is 16.3 Å². The van der Waals surface area contributed by atoms with Crippen LogP contribution in [0.1, 0.15) is 32.8 Å². The van der Waals surface area contributed by atoms with E-state index in [1.165, 1.54) is 19.1 Å². The Bertz CT molecular complexity index is 631. The topological polar surface area (TPSA) is 46.6 Å². The number of rotatable bonds is 4. The summed E-state index contributed by atoms with van der Waals surface area (Å²) in [4.78, 5) is 0. The molecule has 118 valence electrons. The molecule has 0 saturated heterocycles. The first-order valence-corrected chi connectivity index (χ1v) is 8.50. The van der Waals surface area contributed by atoms with Crippen molar-refractivity contribution in [1.29, 1.82) is 0 Å². The fourth-order valence-electron chi connectivity index (χ4n) is 2.17. The summed E-state index contributed by atoms with van der Waals surface area (Å²) in [5, 5.41) is -0.348. The lowest BCUT2D eigenvalue weighted by molar-refractivity contribution is 0.0847. The van der Waals surface area contributed by atoms with Gasteiger partial charge in [-0.3, -0.25) is 0 Å². The molecule has 0 radical (unpaired) electrons. The zero-order valence-electron chi connectivity index (χ0n) is 12.3. The van der Waals surface area contributed by atoms with Gasteiger partial charge in [0.05, 0.1) is 11.4 Å². The van der Waals surface area contributed by atoms with Crippen LogP contribution in [0.5, 0.6) is 5.75 Å². The van der Waals surface area contributed by atoms with Crippen molar-refractivity contribution in [1.82, 2.24) is 0 Å². The molecule has 1 heterocycles. The maximum atomic E-state index is 14.0. The first-order valence-electron chi connectivity index (χ1n) is 6.79. The molecular weight excluding hydrogens is 300 g/mol. The number of alkyl halides is 1. The number of hydrogen-bond acceptors (Lipinski definition) is 4. The highest BCUT2D eigenvalue weighted by molar-refractivity contribution is 7.91. The molecule has 0 fully saturated rings. The van der Waals surface area contributed by atoms with Crippen molar-refractivity contribution in [2.24, 2.45) is 0 Å². The molecular formula is C14H19F2NO3S. The molecule has 1 aliphatic heterocycles. The van der Waals surface area contributed by atoms with Crippen molar-refractivity contribution >= 4 is 15.5 Å². The number of halogens is 2. The summed E-state index contributed by atoms with van der Waals surface area (Å²) in [6.45, 7) is 5.19. The number of ether oxygens (including phenoxy) is 1. The third-order valence-corrected chi connectivity index (χ3v) is 5.13. The summed E-state index contributed by atoms with van der Waals surface area (Å²) < 4.78 is 56.3. The minimum atomic E-state index is -4.13. The van der Waals surface area contributed by atoms with Crippen LogP contribution in [0.4, 0.5) is 14.6 Å². The summed E-state index contributed by atoms with van der Waals surface area (Å²) >= 11 is 0. The minimum Gasteiger partial charge on any atom is -0.488 e. The molecule has 21 heavy (non-hydrogen) atoms. The Morgan fingerprint density at radius 1 is 1.43 bits per heavy atom. The Hall–Kier alpha value is -1.37. The number of nitrogens with zero attached hydrogens (tertiary/aromatic N) is 1. The van der Waals surface area contributed by atoms with Gasteiger partial charge in [0.25, 0.3) is 5.63 Å². The third-order valence-electron chi connectivity index (χ3n) is 3.55. The summed E-state index contributed by atoms with van der Waals surface area (Å²) in [6, 6.07) is 4.30. The first-order chi connectivity index (χ1) is 9.66. The summed E-state index contributed by atoms with van der Waals surface area (Å²) in [5.41, 5.74) is -2.36. The summed E-state index contributed by atoms with van der Waals surface area (Å²) in [7, 11) is -4.13. The molecule has 2 rings (SSSR count). The molecule has 1 atom stereocenters. The van der Waals surface area contributed by atoms with Gasteiger partial charge in [-0.05, 0) is 50.5 Å².